The normalized spacial score (nSPS) is 16.4. The van der Waals surface area contributed by atoms with Gasteiger partial charge in [0.05, 0.1) is 5.71 Å². The van der Waals surface area contributed by atoms with Crippen molar-refractivity contribution in [1.29, 1.82) is 0 Å². The zero-order valence-electron chi connectivity index (χ0n) is 18.1. The Morgan fingerprint density at radius 2 is 1.75 bits per heavy atom. The summed E-state index contributed by atoms with van der Waals surface area (Å²) < 4.78 is 6.10. The fourth-order valence-electron chi connectivity index (χ4n) is 4.62. The minimum absolute atomic E-state index is 0.114. The maximum absolute atomic E-state index is 13.5. The van der Waals surface area contributed by atoms with Gasteiger partial charge in [-0.2, -0.15) is 5.10 Å². The Balaban J connectivity index is 1.44. The first-order chi connectivity index (χ1) is 15.6. The van der Waals surface area contributed by atoms with E-state index in [0.29, 0.717) is 17.9 Å². The van der Waals surface area contributed by atoms with Crippen LogP contribution < -0.4 is 10.3 Å². The Morgan fingerprint density at radius 3 is 2.59 bits per heavy atom. The highest BCUT2D eigenvalue weighted by molar-refractivity contribution is 6.10. The number of hydrogen-bond acceptors (Lipinski definition) is 4. The summed E-state index contributed by atoms with van der Waals surface area (Å²) >= 11 is 0. The summed E-state index contributed by atoms with van der Waals surface area (Å²) in [5.41, 5.74) is 7.77. The molecule has 162 valence electrons. The van der Waals surface area contributed by atoms with Crippen LogP contribution in [0.15, 0.2) is 64.1 Å². The van der Waals surface area contributed by atoms with Gasteiger partial charge < -0.3 is 9.32 Å². The van der Waals surface area contributed by atoms with Crippen LogP contribution in [0.1, 0.15) is 62.6 Å². The molecule has 2 aromatic carbocycles. The largest absolute Gasteiger partial charge is 0.455 e. The van der Waals surface area contributed by atoms with Gasteiger partial charge in [0.25, 0.3) is 11.8 Å². The van der Waals surface area contributed by atoms with E-state index in [4.69, 9.17) is 4.42 Å². The number of benzene rings is 2. The first-order valence-electron chi connectivity index (χ1n) is 11.1. The second-order valence-corrected chi connectivity index (χ2v) is 8.26. The first kappa shape index (κ1) is 20.2. The number of carbonyl (C=O) groups is 2. The van der Waals surface area contributed by atoms with Gasteiger partial charge >= 0.3 is 0 Å². The zero-order chi connectivity index (χ0) is 22.1. The molecule has 6 heteroatoms. The van der Waals surface area contributed by atoms with Crippen molar-refractivity contribution in [3.63, 3.8) is 0 Å². The molecule has 0 atom stereocenters. The minimum atomic E-state index is -0.257. The Hall–Kier alpha value is -3.67. The molecule has 2 aliphatic rings. The van der Waals surface area contributed by atoms with E-state index in [1.807, 2.05) is 48.2 Å². The molecule has 1 aliphatic carbocycles. The lowest BCUT2D eigenvalue weighted by Crippen LogP contribution is -2.35. The van der Waals surface area contributed by atoms with Gasteiger partial charge in [0.1, 0.15) is 5.76 Å². The van der Waals surface area contributed by atoms with Gasteiger partial charge in [0.2, 0.25) is 0 Å². The molecule has 0 radical (unpaired) electrons. The molecule has 1 aliphatic heterocycles. The molecule has 1 N–H and O–H groups in total. The average Bonchev–Trinajstić information content (AvgIpc) is 3.19. The van der Waals surface area contributed by atoms with Crippen molar-refractivity contribution < 1.29 is 14.0 Å². The third-order valence-electron chi connectivity index (χ3n) is 6.20. The SMILES string of the molecule is Cc1c(C(=O)N2CCCc3ccccc32)oc2c1/C(=N/NC(=O)c1ccccc1)CCC2. The monoisotopic (exact) mass is 427 g/mol. The van der Waals surface area contributed by atoms with Crippen LogP contribution in [-0.4, -0.2) is 24.1 Å². The van der Waals surface area contributed by atoms with Crippen LogP contribution in [0.5, 0.6) is 0 Å². The van der Waals surface area contributed by atoms with E-state index in [1.165, 1.54) is 5.56 Å². The van der Waals surface area contributed by atoms with Crippen molar-refractivity contribution in [1.82, 2.24) is 5.43 Å². The van der Waals surface area contributed by atoms with Crippen molar-refractivity contribution in [2.24, 2.45) is 5.10 Å². The third kappa shape index (κ3) is 3.62. The van der Waals surface area contributed by atoms with Crippen molar-refractivity contribution in [2.45, 2.75) is 39.0 Å². The molecule has 0 fully saturated rings. The van der Waals surface area contributed by atoms with Crippen molar-refractivity contribution in [3.05, 3.63) is 88.4 Å². The summed E-state index contributed by atoms with van der Waals surface area (Å²) in [4.78, 5) is 27.7. The van der Waals surface area contributed by atoms with Gasteiger partial charge in [-0.05, 0) is 56.4 Å². The number of fused-ring (bicyclic) bond motifs is 2. The fourth-order valence-corrected chi connectivity index (χ4v) is 4.62. The van der Waals surface area contributed by atoms with E-state index in [1.54, 1.807) is 12.1 Å². The Labute approximate surface area is 186 Å². The molecular formula is C26H25N3O3. The molecule has 32 heavy (non-hydrogen) atoms. The van der Waals surface area contributed by atoms with Crippen LogP contribution in [0.25, 0.3) is 0 Å². The molecule has 6 nitrogen and oxygen atoms in total. The average molecular weight is 428 g/mol. The summed E-state index contributed by atoms with van der Waals surface area (Å²) in [6.07, 6.45) is 4.25. The first-order valence-corrected chi connectivity index (χ1v) is 11.1. The molecule has 3 aromatic rings. The molecule has 5 rings (SSSR count). The smallest absolute Gasteiger partial charge is 0.294 e. The number of nitrogens with zero attached hydrogens (tertiary/aromatic N) is 2. The summed E-state index contributed by atoms with van der Waals surface area (Å²) in [6, 6.07) is 17.0. The zero-order valence-corrected chi connectivity index (χ0v) is 18.1. The Kier molecular flexibility index (Phi) is 5.35. The molecule has 0 unspecified atom stereocenters. The molecule has 2 amide bonds. The van der Waals surface area contributed by atoms with Crippen molar-refractivity contribution >= 4 is 23.2 Å². The van der Waals surface area contributed by atoms with Gasteiger partial charge in [-0.15, -0.1) is 0 Å². The molecule has 2 heterocycles. The highest BCUT2D eigenvalue weighted by atomic mass is 16.4. The number of rotatable bonds is 3. The van der Waals surface area contributed by atoms with Crippen LogP contribution in [0.3, 0.4) is 0 Å². The maximum Gasteiger partial charge on any atom is 0.294 e. The van der Waals surface area contributed by atoms with Crippen LogP contribution in [0.2, 0.25) is 0 Å². The number of nitrogens with one attached hydrogen (secondary N) is 1. The highest BCUT2D eigenvalue weighted by Crippen LogP contribution is 2.33. The number of amides is 2. The molecule has 0 saturated heterocycles. The molecule has 1 aromatic heterocycles. The summed E-state index contributed by atoms with van der Waals surface area (Å²) in [7, 11) is 0. The number of aryl methyl sites for hydroxylation is 2. The Morgan fingerprint density at radius 1 is 0.969 bits per heavy atom. The molecular weight excluding hydrogens is 402 g/mol. The number of hydrazone groups is 1. The standard InChI is InChI=1S/C26H25N3O3/c1-17-23-20(27-28-25(30)19-10-3-2-4-11-19)13-7-15-22(23)32-24(17)26(31)29-16-8-12-18-9-5-6-14-21(18)29/h2-6,9-11,14H,7-8,12-13,15-16H2,1H3,(H,28,30)/b27-20+. The van der Waals surface area contributed by atoms with Crippen LogP contribution in [0, 0.1) is 6.92 Å². The van der Waals surface area contributed by atoms with Gasteiger partial charge in [0, 0.05) is 35.3 Å². The minimum Gasteiger partial charge on any atom is -0.455 e. The van der Waals surface area contributed by atoms with Crippen LogP contribution in [0.4, 0.5) is 5.69 Å². The second-order valence-electron chi connectivity index (χ2n) is 8.26. The van der Waals surface area contributed by atoms with Gasteiger partial charge in [0.15, 0.2) is 5.76 Å². The van der Waals surface area contributed by atoms with E-state index >= 15 is 0 Å². The number of para-hydroxylation sites is 1. The summed E-state index contributed by atoms with van der Waals surface area (Å²) in [5, 5.41) is 4.42. The van der Waals surface area contributed by atoms with Crippen molar-refractivity contribution in [3.8, 4) is 0 Å². The van der Waals surface area contributed by atoms with Gasteiger partial charge in [-0.1, -0.05) is 36.4 Å². The highest BCUT2D eigenvalue weighted by Gasteiger charge is 2.32. The molecule has 0 bridgehead atoms. The van der Waals surface area contributed by atoms with E-state index < -0.39 is 0 Å². The van der Waals surface area contributed by atoms with Gasteiger partial charge in [-0.3, -0.25) is 9.59 Å². The number of furan rings is 1. The predicted octanol–water partition coefficient (Wildman–Crippen LogP) is 4.65. The van der Waals surface area contributed by atoms with E-state index in [2.05, 4.69) is 16.6 Å². The van der Waals surface area contributed by atoms with E-state index in [-0.39, 0.29) is 11.8 Å². The molecule has 0 spiro atoms. The van der Waals surface area contributed by atoms with Crippen molar-refractivity contribution in [2.75, 3.05) is 11.4 Å². The molecule has 0 saturated carbocycles. The third-order valence-corrected chi connectivity index (χ3v) is 6.20. The van der Waals surface area contributed by atoms with Crippen LogP contribution >= 0.6 is 0 Å². The van der Waals surface area contributed by atoms with Gasteiger partial charge in [-0.25, -0.2) is 5.43 Å². The number of anilines is 1. The topological polar surface area (TPSA) is 74.9 Å². The number of carbonyl (C=O) groups excluding carboxylic acids is 2. The number of hydrogen-bond donors (Lipinski definition) is 1. The lowest BCUT2D eigenvalue weighted by atomic mass is 9.93. The Bertz CT molecular complexity index is 1210. The summed E-state index contributed by atoms with van der Waals surface area (Å²) in [6.45, 7) is 2.58. The predicted molar refractivity (Wildman–Crippen MR) is 123 cm³/mol. The van der Waals surface area contributed by atoms with E-state index in [0.717, 1.165) is 60.4 Å². The second kappa shape index (κ2) is 8.46. The quantitative estimate of drug-likeness (QED) is 0.618. The lowest BCUT2D eigenvalue weighted by Gasteiger charge is -2.28. The summed E-state index contributed by atoms with van der Waals surface area (Å²) in [5.74, 6) is 0.773. The lowest BCUT2D eigenvalue weighted by molar-refractivity contribution is 0.0948. The fraction of sp³-hybridized carbons (Fsp3) is 0.269. The maximum atomic E-state index is 13.5. The van der Waals surface area contributed by atoms with E-state index in [9.17, 15) is 9.59 Å². The van der Waals surface area contributed by atoms with Crippen LogP contribution in [-0.2, 0) is 12.8 Å².